The van der Waals surface area contributed by atoms with E-state index in [9.17, 15) is 4.79 Å². The van der Waals surface area contributed by atoms with Crippen LogP contribution in [0, 0.1) is 0 Å². The van der Waals surface area contributed by atoms with Crippen molar-refractivity contribution in [2.75, 3.05) is 0 Å². The molecule has 0 N–H and O–H groups in total. The highest BCUT2D eigenvalue weighted by molar-refractivity contribution is 6.32. The summed E-state index contributed by atoms with van der Waals surface area (Å²) >= 11 is 6.05. The number of halogens is 1. The lowest BCUT2D eigenvalue weighted by Crippen LogP contribution is -2.03. The van der Waals surface area contributed by atoms with E-state index in [-0.39, 0.29) is 5.78 Å². The van der Waals surface area contributed by atoms with Gasteiger partial charge in [0.15, 0.2) is 5.78 Å². The van der Waals surface area contributed by atoms with Gasteiger partial charge in [0.2, 0.25) is 0 Å². The summed E-state index contributed by atoms with van der Waals surface area (Å²) < 4.78 is 7.44. The van der Waals surface area contributed by atoms with Gasteiger partial charge in [-0.15, -0.1) is 0 Å². The van der Waals surface area contributed by atoms with Crippen LogP contribution in [0.15, 0.2) is 30.6 Å². The lowest BCUT2D eigenvalue weighted by molar-refractivity contribution is 0.101. The van der Waals surface area contributed by atoms with E-state index < -0.39 is 0 Å². The van der Waals surface area contributed by atoms with Crippen LogP contribution in [0.3, 0.4) is 0 Å². The number of hydrogen-bond acceptors (Lipinski definition) is 3. The van der Waals surface area contributed by atoms with E-state index in [1.807, 2.05) is 17.8 Å². The smallest absolute Gasteiger partial charge is 0.159 e. The first-order valence-corrected chi connectivity index (χ1v) is 5.85. The van der Waals surface area contributed by atoms with Gasteiger partial charge in [-0.3, -0.25) is 4.79 Å². The van der Waals surface area contributed by atoms with E-state index >= 15 is 0 Å². The number of rotatable bonds is 4. The molecule has 1 aromatic heterocycles. The molecule has 0 amide bonds. The molecule has 0 unspecified atom stereocenters. The van der Waals surface area contributed by atoms with Gasteiger partial charge in [0.05, 0.1) is 5.02 Å². The van der Waals surface area contributed by atoms with Crippen LogP contribution in [0.4, 0.5) is 0 Å². The summed E-state index contributed by atoms with van der Waals surface area (Å²) in [5.74, 6) is 1.33. The number of ether oxygens (including phenoxy) is 1. The first-order chi connectivity index (χ1) is 8.58. The Labute approximate surface area is 110 Å². The Balaban J connectivity index is 2.11. The minimum atomic E-state index is -0.0208. The second kappa shape index (κ2) is 5.23. The van der Waals surface area contributed by atoms with Gasteiger partial charge in [-0.2, -0.15) is 0 Å². The Morgan fingerprint density at radius 2 is 2.28 bits per heavy atom. The maximum atomic E-state index is 11.2. The summed E-state index contributed by atoms with van der Waals surface area (Å²) in [7, 11) is 1.89. The number of Topliss-reactive ketones (excluding diaryl/α,β-unsaturated/α-hetero) is 1. The molecule has 0 aliphatic carbocycles. The zero-order valence-corrected chi connectivity index (χ0v) is 10.9. The van der Waals surface area contributed by atoms with E-state index in [1.54, 1.807) is 24.4 Å². The van der Waals surface area contributed by atoms with Gasteiger partial charge in [0.1, 0.15) is 18.2 Å². The highest BCUT2D eigenvalue weighted by Gasteiger charge is 2.07. The predicted molar refractivity (Wildman–Crippen MR) is 69.0 cm³/mol. The van der Waals surface area contributed by atoms with E-state index in [4.69, 9.17) is 16.3 Å². The Kier molecular flexibility index (Phi) is 3.67. The molecule has 5 heteroatoms. The molecule has 1 heterocycles. The van der Waals surface area contributed by atoms with Crippen molar-refractivity contribution in [1.29, 1.82) is 0 Å². The van der Waals surface area contributed by atoms with E-state index in [0.717, 1.165) is 5.82 Å². The van der Waals surface area contributed by atoms with Crippen LogP contribution >= 0.6 is 11.6 Å². The van der Waals surface area contributed by atoms with E-state index in [0.29, 0.717) is 22.9 Å². The van der Waals surface area contributed by atoms with E-state index in [2.05, 4.69) is 4.98 Å². The van der Waals surface area contributed by atoms with Crippen LogP contribution in [0.2, 0.25) is 5.02 Å². The topological polar surface area (TPSA) is 44.1 Å². The average Bonchev–Trinajstić information content (AvgIpc) is 2.73. The lowest BCUT2D eigenvalue weighted by atomic mass is 10.1. The molecule has 0 spiro atoms. The number of benzene rings is 1. The molecule has 0 radical (unpaired) electrons. The molecule has 2 rings (SSSR count). The third-order valence-electron chi connectivity index (χ3n) is 2.62. The monoisotopic (exact) mass is 264 g/mol. The predicted octanol–water partition coefficient (Wildman–Crippen LogP) is 2.86. The third-order valence-corrected chi connectivity index (χ3v) is 2.91. The summed E-state index contributed by atoms with van der Waals surface area (Å²) in [6.45, 7) is 1.84. The van der Waals surface area contributed by atoms with Crippen LogP contribution in [-0.2, 0) is 13.7 Å². The summed E-state index contributed by atoms with van der Waals surface area (Å²) in [5.41, 5.74) is 0.573. The molecule has 1 aromatic carbocycles. The second-order valence-electron chi connectivity index (χ2n) is 3.94. The van der Waals surface area contributed by atoms with Crippen LogP contribution in [0.1, 0.15) is 23.1 Å². The summed E-state index contributed by atoms with van der Waals surface area (Å²) in [5, 5.41) is 0.428. The van der Waals surface area contributed by atoms with Crippen molar-refractivity contribution < 1.29 is 9.53 Å². The fourth-order valence-electron chi connectivity index (χ4n) is 1.51. The standard InChI is InChI=1S/C13H13ClN2O2/c1-9(17)10-3-4-12(11(14)7-10)18-8-13-15-5-6-16(13)2/h3-7H,8H2,1-2H3. The zero-order valence-electron chi connectivity index (χ0n) is 10.2. The number of imidazole rings is 1. The van der Waals surface area contributed by atoms with Crippen molar-refractivity contribution >= 4 is 17.4 Å². The van der Waals surface area contributed by atoms with Crippen LogP contribution < -0.4 is 4.74 Å². The molecular formula is C13H13ClN2O2. The fourth-order valence-corrected chi connectivity index (χ4v) is 1.75. The highest BCUT2D eigenvalue weighted by atomic mass is 35.5. The van der Waals surface area contributed by atoms with Gasteiger partial charge in [-0.25, -0.2) is 4.98 Å². The molecule has 0 aliphatic heterocycles. The Bertz CT molecular complexity index is 578. The molecule has 94 valence electrons. The highest BCUT2D eigenvalue weighted by Crippen LogP contribution is 2.26. The first-order valence-electron chi connectivity index (χ1n) is 5.47. The molecule has 0 fully saturated rings. The van der Waals surface area contributed by atoms with Gasteiger partial charge in [-0.05, 0) is 25.1 Å². The maximum absolute atomic E-state index is 11.2. The molecule has 0 bridgehead atoms. The Morgan fingerprint density at radius 1 is 1.50 bits per heavy atom. The molecule has 4 nitrogen and oxygen atoms in total. The number of aryl methyl sites for hydroxylation is 1. The van der Waals surface area contributed by atoms with Crippen molar-refractivity contribution in [1.82, 2.24) is 9.55 Å². The summed E-state index contributed by atoms with van der Waals surface area (Å²) in [6.07, 6.45) is 3.55. The molecule has 0 saturated carbocycles. The van der Waals surface area contributed by atoms with Gasteiger partial charge in [0, 0.05) is 25.0 Å². The fraction of sp³-hybridized carbons (Fsp3) is 0.231. The van der Waals surface area contributed by atoms with Crippen LogP contribution in [-0.4, -0.2) is 15.3 Å². The van der Waals surface area contributed by atoms with Crippen molar-refractivity contribution in [3.8, 4) is 5.75 Å². The molecule has 0 aliphatic rings. The molecular weight excluding hydrogens is 252 g/mol. The maximum Gasteiger partial charge on any atom is 0.159 e. The molecule has 2 aromatic rings. The number of ketones is 1. The quantitative estimate of drug-likeness (QED) is 0.798. The van der Waals surface area contributed by atoms with Crippen molar-refractivity contribution in [2.24, 2.45) is 7.05 Å². The second-order valence-corrected chi connectivity index (χ2v) is 4.35. The van der Waals surface area contributed by atoms with Crippen LogP contribution in [0.25, 0.3) is 0 Å². The summed E-state index contributed by atoms with van der Waals surface area (Å²) in [4.78, 5) is 15.3. The zero-order chi connectivity index (χ0) is 13.1. The van der Waals surface area contributed by atoms with Gasteiger partial charge in [0.25, 0.3) is 0 Å². The van der Waals surface area contributed by atoms with Gasteiger partial charge in [-0.1, -0.05) is 11.6 Å². The minimum Gasteiger partial charge on any atom is -0.484 e. The largest absolute Gasteiger partial charge is 0.484 e. The molecule has 18 heavy (non-hydrogen) atoms. The normalized spacial score (nSPS) is 10.4. The van der Waals surface area contributed by atoms with Crippen molar-refractivity contribution in [2.45, 2.75) is 13.5 Å². The Morgan fingerprint density at radius 3 is 2.83 bits per heavy atom. The SMILES string of the molecule is CC(=O)c1ccc(OCc2nccn2C)c(Cl)c1. The Hall–Kier alpha value is -1.81. The number of carbonyl (C=O) groups is 1. The average molecular weight is 265 g/mol. The first kappa shape index (κ1) is 12.6. The summed E-state index contributed by atoms with van der Waals surface area (Å²) in [6, 6.07) is 5.00. The number of aromatic nitrogens is 2. The molecule has 0 saturated heterocycles. The number of carbonyl (C=O) groups excluding carboxylic acids is 1. The van der Waals surface area contributed by atoms with Crippen LogP contribution in [0.5, 0.6) is 5.75 Å². The van der Waals surface area contributed by atoms with Crippen molar-refractivity contribution in [3.63, 3.8) is 0 Å². The minimum absolute atomic E-state index is 0.0208. The number of hydrogen-bond donors (Lipinski definition) is 0. The lowest BCUT2D eigenvalue weighted by Gasteiger charge is -2.08. The number of nitrogens with zero attached hydrogens (tertiary/aromatic N) is 2. The van der Waals surface area contributed by atoms with E-state index in [1.165, 1.54) is 6.92 Å². The van der Waals surface area contributed by atoms with Gasteiger partial charge < -0.3 is 9.30 Å². The van der Waals surface area contributed by atoms with Crippen molar-refractivity contribution in [3.05, 3.63) is 47.0 Å². The molecule has 0 atom stereocenters. The third kappa shape index (κ3) is 2.71. The van der Waals surface area contributed by atoms with Gasteiger partial charge >= 0.3 is 0 Å².